The van der Waals surface area contributed by atoms with Crippen LogP contribution in [0.3, 0.4) is 0 Å². The van der Waals surface area contributed by atoms with Crippen LogP contribution in [0, 0.1) is 11.6 Å². The summed E-state index contributed by atoms with van der Waals surface area (Å²) >= 11 is 8.60. The van der Waals surface area contributed by atoms with Gasteiger partial charge in [0, 0.05) is 10.2 Å². The molecule has 1 aromatic carbocycles. The van der Waals surface area contributed by atoms with E-state index in [-0.39, 0.29) is 0 Å². The monoisotopic (exact) mass is 268 g/mol. The molecule has 1 heterocycles. The fourth-order valence-electron chi connectivity index (χ4n) is 1.30. The van der Waals surface area contributed by atoms with Gasteiger partial charge in [-0.15, -0.1) is 0 Å². The molecule has 0 radical (unpaired) electrons. The average molecular weight is 269 g/mol. The normalized spacial score (nSPS) is 10.4. The van der Waals surface area contributed by atoms with E-state index in [9.17, 15) is 0 Å². The van der Waals surface area contributed by atoms with Crippen molar-refractivity contribution in [3.05, 3.63) is 45.1 Å². The number of hydrogen-bond acceptors (Lipinski definition) is 1. The SMILES string of the molecule is Cc1cc(=S)n(-c2ccc(Br)cc2)[nH]1. The average Bonchev–Trinajstić information content (AvgIpc) is 2.47. The lowest BCUT2D eigenvalue weighted by atomic mass is 10.3. The summed E-state index contributed by atoms with van der Waals surface area (Å²) < 4.78 is 3.75. The molecule has 0 unspecified atom stereocenters. The predicted molar refractivity (Wildman–Crippen MR) is 63.4 cm³/mol. The van der Waals surface area contributed by atoms with Crippen LogP contribution in [-0.4, -0.2) is 9.78 Å². The first-order valence-electron chi connectivity index (χ1n) is 4.21. The van der Waals surface area contributed by atoms with Crippen LogP contribution in [0.2, 0.25) is 0 Å². The Morgan fingerprint density at radius 1 is 1.29 bits per heavy atom. The van der Waals surface area contributed by atoms with Crippen molar-refractivity contribution >= 4 is 28.1 Å². The van der Waals surface area contributed by atoms with Gasteiger partial charge in [0.25, 0.3) is 0 Å². The summed E-state index contributed by atoms with van der Waals surface area (Å²) in [5.41, 5.74) is 2.12. The third kappa shape index (κ3) is 1.81. The van der Waals surface area contributed by atoms with Crippen molar-refractivity contribution in [1.82, 2.24) is 9.78 Å². The lowest BCUT2D eigenvalue weighted by molar-refractivity contribution is 0.852. The van der Waals surface area contributed by atoms with Crippen molar-refractivity contribution in [2.24, 2.45) is 0 Å². The van der Waals surface area contributed by atoms with Crippen LogP contribution in [0.25, 0.3) is 5.69 Å². The molecule has 2 rings (SSSR count). The zero-order chi connectivity index (χ0) is 10.1. The molecule has 2 aromatic rings. The Morgan fingerprint density at radius 2 is 1.93 bits per heavy atom. The number of nitrogens with zero attached hydrogens (tertiary/aromatic N) is 1. The number of H-pyrrole nitrogens is 1. The van der Waals surface area contributed by atoms with Gasteiger partial charge >= 0.3 is 0 Å². The Balaban J connectivity index is 2.54. The van der Waals surface area contributed by atoms with Crippen molar-refractivity contribution in [3.63, 3.8) is 0 Å². The van der Waals surface area contributed by atoms with E-state index >= 15 is 0 Å². The van der Waals surface area contributed by atoms with Crippen LogP contribution in [0.15, 0.2) is 34.8 Å². The fourth-order valence-corrected chi connectivity index (χ4v) is 1.89. The summed E-state index contributed by atoms with van der Waals surface area (Å²) in [6.07, 6.45) is 0. The Bertz CT molecular complexity index is 496. The summed E-state index contributed by atoms with van der Waals surface area (Å²) in [4.78, 5) is 0. The second-order valence-electron chi connectivity index (χ2n) is 3.09. The molecule has 1 aromatic heterocycles. The molecule has 1 N–H and O–H groups in total. The van der Waals surface area contributed by atoms with E-state index < -0.39 is 0 Å². The molecule has 0 fully saturated rings. The number of hydrogen-bond donors (Lipinski definition) is 1. The second kappa shape index (κ2) is 3.71. The summed E-state index contributed by atoms with van der Waals surface area (Å²) in [7, 11) is 0. The van der Waals surface area contributed by atoms with Gasteiger partial charge in [0.15, 0.2) is 0 Å². The van der Waals surface area contributed by atoms with Crippen LogP contribution in [0.1, 0.15) is 5.69 Å². The highest BCUT2D eigenvalue weighted by Crippen LogP contribution is 2.14. The highest BCUT2D eigenvalue weighted by molar-refractivity contribution is 9.10. The zero-order valence-electron chi connectivity index (χ0n) is 7.62. The van der Waals surface area contributed by atoms with Crippen molar-refractivity contribution < 1.29 is 0 Å². The standard InChI is InChI=1S/C10H9BrN2S/c1-7-6-10(14)13(12-7)9-4-2-8(11)3-5-9/h2-6,12H,1H3. The minimum Gasteiger partial charge on any atom is -0.297 e. The topological polar surface area (TPSA) is 20.7 Å². The molecule has 72 valence electrons. The maximum atomic E-state index is 5.21. The molecule has 14 heavy (non-hydrogen) atoms. The van der Waals surface area contributed by atoms with Crippen LogP contribution in [0.5, 0.6) is 0 Å². The molecule has 0 aliphatic rings. The van der Waals surface area contributed by atoms with Crippen LogP contribution < -0.4 is 0 Å². The van der Waals surface area contributed by atoms with Gasteiger partial charge in [0.1, 0.15) is 4.64 Å². The van der Waals surface area contributed by atoms with Crippen molar-refractivity contribution in [2.45, 2.75) is 6.92 Å². The van der Waals surface area contributed by atoms with E-state index in [1.54, 1.807) is 0 Å². The van der Waals surface area contributed by atoms with E-state index in [0.717, 1.165) is 20.5 Å². The van der Waals surface area contributed by atoms with Gasteiger partial charge in [0.2, 0.25) is 0 Å². The Morgan fingerprint density at radius 3 is 2.43 bits per heavy atom. The molecule has 0 amide bonds. The first kappa shape index (κ1) is 9.68. The zero-order valence-corrected chi connectivity index (χ0v) is 10.0. The highest BCUT2D eigenvalue weighted by atomic mass is 79.9. The van der Waals surface area contributed by atoms with Crippen molar-refractivity contribution in [3.8, 4) is 5.69 Å². The third-order valence-corrected chi connectivity index (χ3v) is 2.76. The van der Waals surface area contributed by atoms with Gasteiger partial charge in [-0.3, -0.25) is 5.10 Å². The molecule has 0 saturated carbocycles. The number of aromatic nitrogens is 2. The van der Waals surface area contributed by atoms with E-state index in [1.165, 1.54) is 0 Å². The largest absolute Gasteiger partial charge is 0.297 e. The smallest absolute Gasteiger partial charge is 0.127 e. The van der Waals surface area contributed by atoms with Gasteiger partial charge in [-0.25, -0.2) is 4.68 Å². The predicted octanol–water partition coefficient (Wildman–Crippen LogP) is 3.61. The van der Waals surface area contributed by atoms with Gasteiger partial charge in [0.05, 0.1) is 5.69 Å². The maximum absolute atomic E-state index is 5.21. The summed E-state index contributed by atoms with van der Waals surface area (Å²) in [5, 5.41) is 3.18. The summed E-state index contributed by atoms with van der Waals surface area (Å²) in [6.45, 7) is 1.99. The van der Waals surface area contributed by atoms with E-state index in [4.69, 9.17) is 12.2 Å². The van der Waals surface area contributed by atoms with E-state index in [2.05, 4.69) is 21.0 Å². The molecule has 0 aliphatic carbocycles. The quantitative estimate of drug-likeness (QED) is 0.784. The Labute approximate surface area is 95.7 Å². The fraction of sp³-hybridized carbons (Fsp3) is 0.100. The maximum Gasteiger partial charge on any atom is 0.127 e. The van der Waals surface area contributed by atoms with E-state index in [0.29, 0.717) is 0 Å². The Hall–Kier alpha value is -0.870. The highest BCUT2D eigenvalue weighted by Gasteiger charge is 1.98. The van der Waals surface area contributed by atoms with Gasteiger partial charge < -0.3 is 0 Å². The summed E-state index contributed by atoms with van der Waals surface area (Å²) in [6, 6.07) is 9.95. The van der Waals surface area contributed by atoms with Crippen molar-refractivity contribution in [1.29, 1.82) is 0 Å². The minimum absolute atomic E-state index is 0.796. The Kier molecular flexibility index (Phi) is 2.56. The van der Waals surface area contributed by atoms with Crippen LogP contribution in [0.4, 0.5) is 0 Å². The minimum atomic E-state index is 0.796. The molecule has 2 nitrogen and oxygen atoms in total. The van der Waals surface area contributed by atoms with E-state index in [1.807, 2.05) is 41.9 Å². The number of nitrogens with one attached hydrogen (secondary N) is 1. The first-order valence-corrected chi connectivity index (χ1v) is 5.41. The molecule has 0 saturated heterocycles. The number of aryl methyl sites for hydroxylation is 1. The van der Waals surface area contributed by atoms with Crippen LogP contribution >= 0.6 is 28.1 Å². The molecule has 0 bridgehead atoms. The lowest BCUT2D eigenvalue weighted by Gasteiger charge is -2.02. The van der Waals surface area contributed by atoms with Crippen LogP contribution in [-0.2, 0) is 0 Å². The van der Waals surface area contributed by atoms with Crippen molar-refractivity contribution in [2.75, 3.05) is 0 Å². The number of aromatic amines is 1. The molecular weight excluding hydrogens is 260 g/mol. The van der Waals surface area contributed by atoms with Gasteiger partial charge in [-0.2, -0.15) is 0 Å². The molecule has 0 spiro atoms. The number of benzene rings is 1. The van der Waals surface area contributed by atoms with Gasteiger partial charge in [-0.1, -0.05) is 28.1 Å². The molecule has 4 heteroatoms. The molecule has 0 aliphatic heterocycles. The third-order valence-electron chi connectivity index (χ3n) is 1.93. The molecule has 0 atom stereocenters. The first-order chi connectivity index (χ1) is 6.66. The summed E-state index contributed by atoms with van der Waals surface area (Å²) in [5.74, 6) is 0. The number of halogens is 1. The number of rotatable bonds is 1. The van der Waals surface area contributed by atoms with Gasteiger partial charge in [-0.05, 0) is 37.3 Å². The second-order valence-corrected chi connectivity index (χ2v) is 4.42. The molecular formula is C10H9BrN2S. The lowest BCUT2D eigenvalue weighted by Crippen LogP contribution is -1.95.